The van der Waals surface area contributed by atoms with Crippen LogP contribution in [0.2, 0.25) is 0 Å². The lowest BCUT2D eigenvalue weighted by molar-refractivity contribution is -0.137. The summed E-state index contributed by atoms with van der Waals surface area (Å²) in [6.45, 7) is 15.0. The van der Waals surface area contributed by atoms with Crippen LogP contribution in [0.4, 0.5) is 18.9 Å². The first-order chi connectivity index (χ1) is 14.2. The molecular formula is C25H37F3N2. The molecule has 1 heterocycles. The first-order valence-corrected chi connectivity index (χ1v) is 10.9. The normalized spacial score (nSPS) is 14.5. The van der Waals surface area contributed by atoms with E-state index in [1.54, 1.807) is 6.07 Å². The number of anilines is 1. The number of alkyl halides is 3. The van der Waals surface area contributed by atoms with Gasteiger partial charge in [0, 0.05) is 31.9 Å². The summed E-state index contributed by atoms with van der Waals surface area (Å²) in [5.74, 6) is 0.607. The van der Waals surface area contributed by atoms with Gasteiger partial charge in [-0.3, -0.25) is 0 Å². The van der Waals surface area contributed by atoms with E-state index in [4.69, 9.17) is 0 Å². The third kappa shape index (κ3) is 8.02. The van der Waals surface area contributed by atoms with E-state index in [2.05, 4.69) is 55.0 Å². The maximum atomic E-state index is 12.1. The Morgan fingerprint density at radius 2 is 1.50 bits per heavy atom. The first kappa shape index (κ1) is 26.0. The number of halogens is 3. The van der Waals surface area contributed by atoms with Gasteiger partial charge in [-0.25, -0.2) is 0 Å². The van der Waals surface area contributed by atoms with Crippen molar-refractivity contribution in [2.75, 3.05) is 38.1 Å². The zero-order valence-electron chi connectivity index (χ0n) is 19.3. The molecule has 0 unspecified atom stereocenters. The smallest absolute Gasteiger partial charge is 0.369 e. The van der Waals surface area contributed by atoms with Crippen LogP contribution in [-0.4, -0.2) is 38.1 Å². The van der Waals surface area contributed by atoms with Gasteiger partial charge in [0.05, 0.1) is 5.56 Å². The van der Waals surface area contributed by atoms with Gasteiger partial charge >= 0.3 is 6.18 Å². The van der Waals surface area contributed by atoms with Crippen LogP contribution >= 0.6 is 0 Å². The van der Waals surface area contributed by atoms with E-state index >= 15 is 0 Å². The molecule has 2 aromatic rings. The first-order valence-electron chi connectivity index (χ1n) is 10.9. The third-order valence-electron chi connectivity index (χ3n) is 5.07. The molecule has 0 N–H and O–H groups in total. The van der Waals surface area contributed by atoms with Gasteiger partial charge in [-0.15, -0.1) is 0 Å². The van der Waals surface area contributed by atoms with Gasteiger partial charge in [0.25, 0.3) is 0 Å². The van der Waals surface area contributed by atoms with Gasteiger partial charge in [-0.05, 0) is 42.6 Å². The molecule has 0 aromatic heterocycles. The predicted molar refractivity (Wildman–Crippen MR) is 122 cm³/mol. The zero-order chi connectivity index (χ0) is 22.7. The average Bonchev–Trinajstić information content (AvgIpc) is 2.75. The highest BCUT2D eigenvalue weighted by molar-refractivity contribution is 5.55. The van der Waals surface area contributed by atoms with Crippen molar-refractivity contribution >= 4 is 5.69 Å². The Kier molecular flexibility index (Phi) is 11.0. The molecule has 0 saturated carbocycles. The van der Waals surface area contributed by atoms with Crippen molar-refractivity contribution in [3.63, 3.8) is 0 Å². The summed E-state index contributed by atoms with van der Waals surface area (Å²) in [7, 11) is 2.20. The fourth-order valence-electron chi connectivity index (χ4n) is 3.28. The number of hydrogen-bond donors (Lipinski definition) is 0. The number of benzene rings is 2. The molecule has 1 saturated heterocycles. The Morgan fingerprint density at radius 1 is 0.900 bits per heavy atom. The van der Waals surface area contributed by atoms with Gasteiger partial charge in [0.2, 0.25) is 0 Å². The molecular weight excluding hydrogens is 385 g/mol. The number of piperazine rings is 1. The fraction of sp³-hybridized carbons (Fsp3) is 0.520. The van der Waals surface area contributed by atoms with Crippen molar-refractivity contribution in [2.45, 2.75) is 53.1 Å². The second-order valence-electron chi connectivity index (χ2n) is 7.56. The molecule has 0 atom stereocenters. The van der Waals surface area contributed by atoms with Crippen molar-refractivity contribution in [2.24, 2.45) is 0 Å². The van der Waals surface area contributed by atoms with E-state index in [0.717, 1.165) is 19.2 Å². The summed E-state index contributed by atoms with van der Waals surface area (Å²) < 4.78 is 36.3. The molecule has 1 fully saturated rings. The second-order valence-corrected chi connectivity index (χ2v) is 7.56. The standard InChI is InChI=1S/C14H22N2.C9H9F3.C2H6/c1-12(2)13-6-4-5-7-14(13)16-10-8-15(3)9-11-16;1-2-7-4-3-5-8(6-7)9(10,11)12;1-2/h4-7,12H,8-11H2,1-3H3;3-6H,2H2,1H3;1-2H3. The maximum Gasteiger partial charge on any atom is 0.416 e. The van der Waals surface area contributed by atoms with Crippen molar-refractivity contribution in [3.05, 3.63) is 65.2 Å². The van der Waals surface area contributed by atoms with Gasteiger partial charge in [0.15, 0.2) is 0 Å². The van der Waals surface area contributed by atoms with Gasteiger partial charge in [0.1, 0.15) is 0 Å². The minimum Gasteiger partial charge on any atom is -0.369 e. The van der Waals surface area contributed by atoms with Crippen LogP contribution in [0.25, 0.3) is 0 Å². The highest BCUT2D eigenvalue weighted by Crippen LogP contribution is 2.29. The van der Waals surface area contributed by atoms with E-state index in [1.165, 1.54) is 36.5 Å². The van der Waals surface area contributed by atoms with Crippen LogP contribution in [0, 0.1) is 0 Å². The topological polar surface area (TPSA) is 6.48 Å². The minimum absolute atomic E-state index is 0.568. The molecule has 3 rings (SSSR count). The average molecular weight is 423 g/mol. The molecule has 0 aliphatic carbocycles. The number of para-hydroxylation sites is 1. The summed E-state index contributed by atoms with van der Waals surface area (Å²) in [5.41, 5.74) is 3.06. The van der Waals surface area contributed by atoms with Crippen LogP contribution < -0.4 is 4.90 Å². The number of hydrogen-bond acceptors (Lipinski definition) is 2. The quantitative estimate of drug-likeness (QED) is 0.533. The van der Waals surface area contributed by atoms with Crippen molar-refractivity contribution in [1.29, 1.82) is 0 Å². The summed E-state index contributed by atoms with van der Waals surface area (Å²) >= 11 is 0. The molecule has 2 nitrogen and oxygen atoms in total. The Balaban J connectivity index is 0.000000287. The second kappa shape index (κ2) is 12.6. The lowest BCUT2D eigenvalue weighted by Gasteiger charge is -2.35. The number of likely N-dealkylation sites (N-methyl/N-ethyl adjacent to an activating group) is 1. The molecule has 1 aliphatic heterocycles. The molecule has 30 heavy (non-hydrogen) atoms. The predicted octanol–water partition coefficient (Wildman–Crippen LogP) is 6.86. The van der Waals surface area contributed by atoms with Crippen LogP contribution in [0.3, 0.4) is 0 Å². The van der Waals surface area contributed by atoms with E-state index in [1.807, 2.05) is 20.8 Å². The SMILES string of the molecule is CC.CC(C)c1ccccc1N1CCN(C)CC1.CCc1cccc(C(F)(F)F)c1. The molecule has 1 aliphatic rings. The van der Waals surface area contributed by atoms with Gasteiger partial charge in [-0.2, -0.15) is 13.2 Å². The monoisotopic (exact) mass is 422 g/mol. The van der Waals surface area contributed by atoms with Crippen molar-refractivity contribution < 1.29 is 13.2 Å². The molecule has 5 heteroatoms. The van der Waals surface area contributed by atoms with Crippen molar-refractivity contribution in [1.82, 2.24) is 4.90 Å². The maximum absolute atomic E-state index is 12.1. The molecule has 0 radical (unpaired) electrons. The van der Waals surface area contributed by atoms with Crippen molar-refractivity contribution in [3.8, 4) is 0 Å². The number of aryl methyl sites for hydroxylation is 1. The minimum atomic E-state index is -4.22. The Bertz CT molecular complexity index is 733. The lowest BCUT2D eigenvalue weighted by Crippen LogP contribution is -2.44. The van der Waals surface area contributed by atoms with Gasteiger partial charge < -0.3 is 9.80 Å². The van der Waals surface area contributed by atoms with Crippen LogP contribution in [0.15, 0.2) is 48.5 Å². The highest BCUT2D eigenvalue weighted by atomic mass is 19.4. The molecule has 2 aromatic carbocycles. The van der Waals surface area contributed by atoms with Crippen LogP contribution in [0.5, 0.6) is 0 Å². The van der Waals surface area contributed by atoms with Crippen LogP contribution in [-0.2, 0) is 12.6 Å². The summed E-state index contributed by atoms with van der Waals surface area (Å²) in [4.78, 5) is 4.92. The highest BCUT2D eigenvalue weighted by Gasteiger charge is 2.30. The molecule has 0 spiro atoms. The van der Waals surface area contributed by atoms with E-state index in [-0.39, 0.29) is 0 Å². The molecule has 168 valence electrons. The fourth-order valence-corrected chi connectivity index (χ4v) is 3.28. The summed E-state index contributed by atoms with van der Waals surface area (Å²) in [6.07, 6.45) is -3.59. The van der Waals surface area contributed by atoms with E-state index in [9.17, 15) is 13.2 Å². The zero-order valence-corrected chi connectivity index (χ0v) is 19.3. The Hall–Kier alpha value is -2.01. The van der Waals surface area contributed by atoms with E-state index < -0.39 is 11.7 Å². The number of nitrogens with zero attached hydrogens (tertiary/aromatic N) is 2. The Morgan fingerprint density at radius 3 is 2.03 bits per heavy atom. The summed E-state index contributed by atoms with van der Waals surface area (Å²) in [5, 5.41) is 0. The third-order valence-corrected chi connectivity index (χ3v) is 5.07. The number of rotatable bonds is 3. The van der Waals surface area contributed by atoms with Crippen LogP contribution in [0.1, 0.15) is 57.2 Å². The van der Waals surface area contributed by atoms with Gasteiger partial charge in [-0.1, -0.05) is 71.0 Å². The van der Waals surface area contributed by atoms with E-state index in [0.29, 0.717) is 17.9 Å². The Labute approximate surface area is 180 Å². The largest absolute Gasteiger partial charge is 0.416 e. The molecule has 0 amide bonds. The lowest BCUT2D eigenvalue weighted by atomic mass is 10.00. The summed E-state index contributed by atoms with van der Waals surface area (Å²) in [6, 6.07) is 14.2. The molecule has 0 bridgehead atoms.